The molecule has 118 valence electrons. The highest BCUT2D eigenvalue weighted by molar-refractivity contribution is 7.98. The van der Waals surface area contributed by atoms with Gasteiger partial charge in [-0.05, 0) is 42.2 Å². The van der Waals surface area contributed by atoms with E-state index in [2.05, 4.69) is 21.7 Å². The van der Waals surface area contributed by atoms with Crippen molar-refractivity contribution < 1.29 is 4.79 Å². The first-order chi connectivity index (χ1) is 11.1. The fourth-order valence-corrected chi connectivity index (χ4v) is 3.55. The van der Waals surface area contributed by atoms with E-state index in [0.717, 1.165) is 15.8 Å². The number of thioether (sulfide) groups is 1. The van der Waals surface area contributed by atoms with Crippen LogP contribution in [0.25, 0.3) is 10.2 Å². The van der Waals surface area contributed by atoms with E-state index in [1.807, 2.05) is 30.5 Å². The van der Waals surface area contributed by atoms with Gasteiger partial charge < -0.3 is 5.32 Å². The number of halogens is 1. The van der Waals surface area contributed by atoms with Crippen LogP contribution in [-0.4, -0.2) is 17.3 Å². The molecule has 2 N–H and O–H groups in total. The Morgan fingerprint density at radius 2 is 2.04 bits per heavy atom. The molecule has 0 aliphatic rings. The Hall–Kier alpha value is -1.76. The Morgan fingerprint density at radius 3 is 2.78 bits per heavy atom. The summed E-state index contributed by atoms with van der Waals surface area (Å²) in [6, 6.07) is 13.2. The Balaban J connectivity index is 1.62. The van der Waals surface area contributed by atoms with Gasteiger partial charge in [0, 0.05) is 16.5 Å². The first-order valence-electron chi connectivity index (χ1n) is 6.88. The Kier molecular flexibility index (Phi) is 5.05. The first kappa shape index (κ1) is 16.1. The van der Waals surface area contributed by atoms with Gasteiger partial charge >= 0.3 is 6.03 Å². The molecule has 0 fully saturated rings. The summed E-state index contributed by atoms with van der Waals surface area (Å²) >= 11 is 8.98. The first-order valence-corrected chi connectivity index (χ1v) is 9.30. The lowest BCUT2D eigenvalue weighted by atomic mass is 10.2. The zero-order valence-corrected chi connectivity index (χ0v) is 14.7. The maximum Gasteiger partial charge on any atom is 0.321 e. The molecular formula is C16H14ClN3OS2. The van der Waals surface area contributed by atoms with Crippen LogP contribution in [0.15, 0.2) is 47.4 Å². The Bertz CT molecular complexity index is 833. The lowest BCUT2D eigenvalue weighted by molar-refractivity contribution is 0.251. The summed E-state index contributed by atoms with van der Waals surface area (Å²) < 4.78 is 1.06. The highest BCUT2D eigenvalue weighted by atomic mass is 35.5. The van der Waals surface area contributed by atoms with Gasteiger partial charge in [0.05, 0.1) is 10.2 Å². The van der Waals surface area contributed by atoms with Crippen LogP contribution in [0.4, 0.5) is 9.93 Å². The van der Waals surface area contributed by atoms with E-state index < -0.39 is 0 Å². The molecule has 1 aromatic heterocycles. The molecule has 0 radical (unpaired) electrons. The van der Waals surface area contributed by atoms with Gasteiger partial charge in [-0.2, -0.15) is 0 Å². The van der Waals surface area contributed by atoms with Gasteiger partial charge in [0.15, 0.2) is 5.13 Å². The van der Waals surface area contributed by atoms with Crippen molar-refractivity contribution in [2.45, 2.75) is 11.4 Å². The third-order valence-corrected chi connectivity index (χ3v) is 5.09. The summed E-state index contributed by atoms with van der Waals surface area (Å²) in [5.41, 5.74) is 1.87. The highest BCUT2D eigenvalue weighted by Crippen LogP contribution is 2.29. The minimum absolute atomic E-state index is 0.274. The monoisotopic (exact) mass is 363 g/mol. The molecule has 3 rings (SSSR count). The molecule has 1 heterocycles. The molecule has 23 heavy (non-hydrogen) atoms. The number of rotatable bonds is 4. The fourth-order valence-electron chi connectivity index (χ4n) is 2.01. The van der Waals surface area contributed by atoms with E-state index in [-0.39, 0.29) is 6.03 Å². The summed E-state index contributed by atoms with van der Waals surface area (Å²) in [5, 5.41) is 6.85. The lowest BCUT2D eigenvalue weighted by Gasteiger charge is -2.05. The van der Waals surface area contributed by atoms with E-state index >= 15 is 0 Å². The van der Waals surface area contributed by atoms with Gasteiger partial charge in [0.2, 0.25) is 0 Å². The smallest absolute Gasteiger partial charge is 0.321 e. The maximum absolute atomic E-state index is 12.0. The van der Waals surface area contributed by atoms with E-state index in [1.165, 1.54) is 16.2 Å². The maximum atomic E-state index is 12.0. The van der Waals surface area contributed by atoms with Crippen molar-refractivity contribution in [1.82, 2.24) is 10.3 Å². The molecule has 0 atom stereocenters. The SMILES string of the molecule is CSc1ccc2nc(NC(=O)NCc3ccc(Cl)cc3)sc2c1. The van der Waals surface area contributed by atoms with Crippen LogP contribution < -0.4 is 10.6 Å². The third-order valence-electron chi connectivity index (χ3n) is 3.18. The second-order valence-electron chi connectivity index (χ2n) is 4.79. The number of nitrogens with zero attached hydrogens (tertiary/aromatic N) is 1. The zero-order chi connectivity index (χ0) is 16.2. The number of anilines is 1. The van der Waals surface area contributed by atoms with Crippen LogP contribution in [0.3, 0.4) is 0 Å². The Morgan fingerprint density at radius 1 is 1.26 bits per heavy atom. The fraction of sp³-hybridized carbons (Fsp3) is 0.125. The molecule has 0 aliphatic carbocycles. The summed E-state index contributed by atoms with van der Waals surface area (Å²) in [6.07, 6.45) is 2.03. The summed E-state index contributed by atoms with van der Waals surface area (Å²) in [4.78, 5) is 17.6. The number of aromatic nitrogens is 1. The molecule has 3 aromatic rings. The summed E-state index contributed by atoms with van der Waals surface area (Å²) in [6.45, 7) is 0.435. The average Bonchev–Trinajstić information content (AvgIpc) is 2.95. The molecule has 0 bridgehead atoms. The van der Waals surface area contributed by atoms with Crippen molar-refractivity contribution in [2.75, 3.05) is 11.6 Å². The third kappa shape index (κ3) is 4.16. The molecule has 0 saturated carbocycles. The topological polar surface area (TPSA) is 54.0 Å². The van der Waals surface area contributed by atoms with Gasteiger partial charge in [0.25, 0.3) is 0 Å². The number of nitrogens with one attached hydrogen (secondary N) is 2. The molecule has 0 spiro atoms. The van der Waals surface area contributed by atoms with Crippen LogP contribution in [0.2, 0.25) is 5.02 Å². The number of fused-ring (bicyclic) bond motifs is 1. The number of carbonyl (C=O) groups excluding carboxylic acids is 1. The molecule has 2 amide bonds. The van der Waals surface area contributed by atoms with Crippen molar-refractivity contribution in [3.8, 4) is 0 Å². The average molecular weight is 364 g/mol. The minimum Gasteiger partial charge on any atom is -0.334 e. The molecule has 2 aromatic carbocycles. The lowest BCUT2D eigenvalue weighted by Crippen LogP contribution is -2.28. The largest absolute Gasteiger partial charge is 0.334 e. The molecule has 7 heteroatoms. The number of amides is 2. The van der Waals surface area contributed by atoms with Crippen LogP contribution >= 0.6 is 34.7 Å². The van der Waals surface area contributed by atoms with Crippen molar-refractivity contribution in [1.29, 1.82) is 0 Å². The molecular weight excluding hydrogens is 350 g/mol. The standard InChI is InChI=1S/C16H14ClN3OS2/c1-22-12-6-7-13-14(8-12)23-16(19-13)20-15(21)18-9-10-2-4-11(17)5-3-10/h2-8H,9H2,1H3,(H2,18,19,20,21). The van der Waals surface area contributed by atoms with Crippen LogP contribution in [0.1, 0.15) is 5.56 Å². The van der Waals surface area contributed by atoms with Gasteiger partial charge in [-0.3, -0.25) is 5.32 Å². The van der Waals surface area contributed by atoms with Crippen molar-refractivity contribution in [2.24, 2.45) is 0 Å². The van der Waals surface area contributed by atoms with Gasteiger partial charge in [-0.25, -0.2) is 9.78 Å². The van der Waals surface area contributed by atoms with Gasteiger partial charge in [-0.15, -0.1) is 11.8 Å². The van der Waals surface area contributed by atoms with Crippen LogP contribution in [0, 0.1) is 0 Å². The number of hydrogen-bond donors (Lipinski definition) is 2. The normalized spacial score (nSPS) is 10.7. The second kappa shape index (κ2) is 7.21. The second-order valence-corrected chi connectivity index (χ2v) is 7.13. The number of hydrogen-bond acceptors (Lipinski definition) is 4. The predicted molar refractivity (Wildman–Crippen MR) is 98.7 cm³/mol. The quantitative estimate of drug-likeness (QED) is 0.642. The highest BCUT2D eigenvalue weighted by Gasteiger charge is 2.08. The van der Waals surface area contributed by atoms with Gasteiger partial charge in [-0.1, -0.05) is 35.1 Å². The zero-order valence-electron chi connectivity index (χ0n) is 12.3. The van der Waals surface area contributed by atoms with Crippen LogP contribution in [0.5, 0.6) is 0 Å². The van der Waals surface area contributed by atoms with Crippen molar-refractivity contribution in [3.63, 3.8) is 0 Å². The van der Waals surface area contributed by atoms with Crippen molar-refractivity contribution in [3.05, 3.63) is 53.1 Å². The molecule has 0 saturated heterocycles. The molecule has 0 unspecified atom stereocenters. The number of thiazole rings is 1. The van der Waals surface area contributed by atoms with E-state index in [4.69, 9.17) is 11.6 Å². The van der Waals surface area contributed by atoms with Crippen molar-refractivity contribution >= 4 is 56.1 Å². The number of benzene rings is 2. The summed E-state index contributed by atoms with van der Waals surface area (Å²) in [7, 11) is 0. The van der Waals surface area contributed by atoms with Crippen LogP contribution in [-0.2, 0) is 6.54 Å². The minimum atomic E-state index is -0.274. The molecule has 4 nitrogen and oxygen atoms in total. The summed E-state index contributed by atoms with van der Waals surface area (Å²) in [5.74, 6) is 0. The van der Waals surface area contributed by atoms with Gasteiger partial charge in [0.1, 0.15) is 0 Å². The van der Waals surface area contributed by atoms with E-state index in [1.54, 1.807) is 23.9 Å². The number of urea groups is 1. The van der Waals surface area contributed by atoms with E-state index in [9.17, 15) is 4.79 Å². The Labute approximate surface area is 147 Å². The van der Waals surface area contributed by atoms with E-state index in [0.29, 0.717) is 16.7 Å². The number of carbonyl (C=O) groups is 1. The predicted octanol–water partition coefficient (Wildman–Crippen LogP) is 4.99. The molecule has 0 aliphatic heterocycles.